The monoisotopic (exact) mass is 429 g/mol. The third-order valence-corrected chi connectivity index (χ3v) is 5.49. The van der Waals surface area contributed by atoms with Crippen molar-refractivity contribution in [1.29, 1.82) is 0 Å². The van der Waals surface area contributed by atoms with E-state index in [1.165, 1.54) is 0 Å². The smallest absolute Gasteiger partial charge is 0.238 e. The van der Waals surface area contributed by atoms with Gasteiger partial charge in [-0.15, -0.1) is 0 Å². The van der Waals surface area contributed by atoms with Crippen LogP contribution in [0.15, 0.2) is 42.5 Å². The van der Waals surface area contributed by atoms with Crippen LogP contribution in [0.1, 0.15) is 17.5 Å². The van der Waals surface area contributed by atoms with Crippen LogP contribution in [0.5, 0.6) is 5.75 Å². The minimum Gasteiger partial charge on any atom is -0.493 e. The van der Waals surface area contributed by atoms with Gasteiger partial charge < -0.3 is 15.0 Å². The van der Waals surface area contributed by atoms with Crippen molar-refractivity contribution < 1.29 is 14.3 Å². The van der Waals surface area contributed by atoms with Crippen molar-refractivity contribution in [2.75, 3.05) is 44.6 Å². The van der Waals surface area contributed by atoms with Crippen molar-refractivity contribution in [3.8, 4) is 5.75 Å². The minimum absolute atomic E-state index is 0.0245. The average molecular weight is 430 g/mol. The largest absolute Gasteiger partial charge is 0.493 e. The third-order valence-electron chi connectivity index (χ3n) is 5.24. The first kappa shape index (κ1) is 22.1. The minimum atomic E-state index is -0.0245. The predicted octanol–water partition coefficient (Wildman–Crippen LogP) is 3.51. The van der Waals surface area contributed by atoms with Gasteiger partial charge in [0.15, 0.2) is 0 Å². The maximum atomic E-state index is 12.4. The van der Waals surface area contributed by atoms with Crippen LogP contribution in [0.3, 0.4) is 0 Å². The number of amides is 2. The Kier molecular flexibility index (Phi) is 7.71. The quantitative estimate of drug-likeness (QED) is 0.731. The number of nitrogens with zero attached hydrogens (tertiary/aromatic N) is 2. The highest BCUT2D eigenvalue weighted by atomic mass is 35.5. The number of para-hydroxylation sites is 1. The van der Waals surface area contributed by atoms with Crippen LogP contribution < -0.4 is 10.1 Å². The Morgan fingerprint density at radius 1 is 1.00 bits per heavy atom. The Balaban J connectivity index is 1.38. The summed E-state index contributed by atoms with van der Waals surface area (Å²) < 4.78 is 5.60. The van der Waals surface area contributed by atoms with Crippen molar-refractivity contribution in [3.63, 3.8) is 0 Å². The molecule has 1 N–H and O–H groups in total. The molecule has 1 aliphatic heterocycles. The summed E-state index contributed by atoms with van der Waals surface area (Å²) in [5.74, 6) is 0.749. The van der Waals surface area contributed by atoms with Crippen LogP contribution in [0.25, 0.3) is 0 Å². The number of benzene rings is 2. The standard InChI is InChI=1S/C23H28ClN3O3/c1-17-4-3-5-18(2)23(17)25-21(28)16-26-11-13-27(14-12-26)22(29)10-15-30-20-8-6-19(24)7-9-20/h3-9H,10-16H2,1-2H3,(H,25,28). The number of ether oxygens (including phenoxy) is 1. The van der Waals surface area contributed by atoms with Gasteiger partial charge in [-0.25, -0.2) is 0 Å². The number of anilines is 1. The molecule has 0 bridgehead atoms. The lowest BCUT2D eigenvalue weighted by atomic mass is 10.1. The molecule has 1 aliphatic rings. The first-order valence-corrected chi connectivity index (χ1v) is 10.5. The average Bonchev–Trinajstić information content (AvgIpc) is 2.73. The molecule has 0 aromatic heterocycles. The molecule has 0 saturated carbocycles. The second-order valence-corrected chi connectivity index (χ2v) is 7.96. The molecule has 0 aliphatic carbocycles. The fourth-order valence-electron chi connectivity index (χ4n) is 3.49. The molecular weight excluding hydrogens is 402 g/mol. The van der Waals surface area contributed by atoms with Gasteiger partial charge in [0.2, 0.25) is 11.8 Å². The second-order valence-electron chi connectivity index (χ2n) is 7.52. The first-order chi connectivity index (χ1) is 14.4. The molecule has 1 fully saturated rings. The van der Waals surface area contributed by atoms with Gasteiger partial charge in [-0.2, -0.15) is 0 Å². The van der Waals surface area contributed by atoms with Gasteiger partial charge in [0, 0.05) is 36.9 Å². The number of nitrogens with one attached hydrogen (secondary N) is 1. The second kappa shape index (κ2) is 10.5. The Morgan fingerprint density at radius 3 is 2.27 bits per heavy atom. The number of aryl methyl sites for hydroxylation is 2. The molecule has 160 valence electrons. The van der Waals surface area contributed by atoms with Crippen LogP contribution in [0.4, 0.5) is 5.69 Å². The van der Waals surface area contributed by atoms with E-state index in [-0.39, 0.29) is 11.8 Å². The molecule has 0 radical (unpaired) electrons. The molecule has 2 aromatic carbocycles. The van der Waals surface area contributed by atoms with Crippen LogP contribution in [-0.4, -0.2) is 60.9 Å². The number of rotatable bonds is 7. The van der Waals surface area contributed by atoms with E-state index in [1.54, 1.807) is 24.3 Å². The summed E-state index contributed by atoms with van der Waals surface area (Å²) in [6.45, 7) is 7.25. The highest BCUT2D eigenvalue weighted by Crippen LogP contribution is 2.19. The highest BCUT2D eigenvalue weighted by Gasteiger charge is 2.22. The lowest BCUT2D eigenvalue weighted by molar-refractivity contribution is -0.133. The summed E-state index contributed by atoms with van der Waals surface area (Å²) in [4.78, 5) is 28.8. The molecule has 0 spiro atoms. The topological polar surface area (TPSA) is 61.9 Å². The zero-order valence-electron chi connectivity index (χ0n) is 17.5. The molecular formula is C23H28ClN3O3. The fourth-order valence-corrected chi connectivity index (χ4v) is 3.62. The molecule has 1 saturated heterocycles. The summed E-state index contributed by atoms with van der Waals surface area (Å²) in [5, 5.41) is 3.67. The molecule has 0 unspecified atom stereocenters. The van der Waals surface area contributed by atoms with Gasteiger partial charge in [-0.1, -0.05) is 29.8 Å². The van der Waals surface area contributed by atoms with Crippen molar-refractivity contribution in [1.82, 2.24) is 9.80 Å². The molecule has 30 heavy (non-hydrogen) atoms. The van der Waals surface area contributed by atoms with Crippen molar-refractivity contribution >= 4 is 29.1 Å². The van der Waals surface area contributed by atoms with E-state index < -0.39 is 0 Å². The first-order valence-electron chi connectivity index (χ1n) is 10.2. The summed E-state index contributed by atoms with van der Waals surface area (Å²) in [6, 6.07) is 13.1. The van der Waals surface area contributed by atoms with Gasteiger partial charge >= 0.3 is 0 Å². The molecule has 6 nitrogen and oxygen atoms in total. The van der Waals surface area contributed by atoms with Crippen LogP contribution in [-0.2, 0) is 9.59 Å². The van der Waals surface area contributed by atoms with Gasteiger partial charge in [0.25, 0.3) is 0 Å². The van der Waals surface area contributed by atoms with Crippen LogP contribution >= 0.6 is 11.6 Å². The van der Waals surface area contributed by atoms with E-state index in [9.17, 15) is 9.59 Å². The van der Waals surface area contributed by atoms with Crippen molar-refractivity contribution in [2.45, 2.75) is 20.3 Å². The third kappa shape index (κ3) is 6.21. The molecule has 0 atom stereocenters. The Bertz CT molecular complexity index is 858. The number of piperazine rings is 1. The van der Waals surface area contributed by atoms with E-state index in [1.807, 2.05) is 36.9 Å². The fraction of sp³-hybridized carbons (Fsp3) is 0.391. The van der Waals surface area contributed by atoms with Gasteiger partial charge in [0.1, 0.15) is 5.75 Å². The molecule has 2 aromatic rings. The zero-order valence-corrected chi connectivity index (χ0v) is 18.2. The van der Waals surface area contributed by atoms with Gasteiger partial charge in [0.05, 0.1) is 19.6 Å². The summed E-state index contributed by atoms with van der Waals surface area (Å²) in [5.41, 5.74) is 3.00. The SMILES string of the molecule is Cc1cccc(C)c1NC(=O)CN1CCN(C(=O)CCOc2ccc(Cl)cc2)CC1. The lowest BCUT2D eigenvalue weighted by Crippen LogP contribution is -2.50. The molecule has 1 heterocycles. The van der Waals surface area contributed by atoms with Gasteiger partial charge in [-0.3, -0.25) is 14.5 Å². The summed E-state index contributed by atoms with van der Waals surface area (Å²) >= 11 is 5.85. The number of hydrogen-bond acceptors (Lipinski definition) is 4. The van der Waals surface area contributed by atoms with Gasteiger partial charge in [-0.05, 0) is 49.2 Å². The van der Waals surface area contributed by atoms with Crippen LogP contribution in [0, 0.1) is 13.8 Å². The van der Waals surface area contributed by atoms with Crippen LogP contribution in [0.2, 0.25) is 5.02 Å². The predicted molar refractivity (Wildman–Crippen MR) is 119 cm³/mol. The molecule has 7 heteroatoms. The Hall–Kier alpha value is -2.57. The van der Waals surface area contributed by atoms with E-state index >= 15 is 0 Å². The van der Waals surface area contributed by atoms with E-state index in [0.717, 1.165) is 16.8 Å². The Morgan fingerprint density at radius 2 is 1.63 bits per heavy atom. The number of hydrogen-bond donors (Lipinski definition) is 1. The van der Waals surface area contributed by atoms with Crippen molar-refractivity contribution in [3.05, 3.63) is 58.6 Å². The summed E-state index contributed by atoms with van der Waals surface area (Å²) in [6.07, 6.45) is 0.329. The lowest BCUT2D eigenvalue weighted by Gasteiger charge is -2.34. The van der Waals surface area contributed by atoms with Crippen molar-refractivity contribution in [2.24, 2.45) is 0 Å². The van der Waals surface area contributed by atoms with E-state index in [0.29, 0.717) is 56.5 Å². The number of halogens is 1. The van der Waals surface area contributed by atoms with E-state index in [4.69, 9.17) is 16.3 Å². The van der Waals surface area contributed by atoms with E-state index in [2.05, 4.69) is 10.2 Å². The maximum absolute atomic E-state index is 12.4. The molecule has 3 rings (SSSR count). The molecule has 2 amide bonds. The number of carbonyl (C=O) groups is 2. The Labute approximate surface area is 182 Å². The normalized spacial score (nSPS) is 14.4. The zero-order chi connectivity index (χ0) is 21.5. The highest BCUT2D eigenvalue weighted by molar-refractivity contribution is 6.30. The maximum Gasteiger partial charge on any atom is 0.238 e. The summed E-state index contributed by atoms with van der Waals surface area (Å²) in [7, 11) is 0. The number of carbonyl (C=O) groups excluding carboxylic acids is 2.